The maximum absolute atomic E-state index is 12.8. The molecule has 1 saturated carbocycles. The Labute approximate surface area is 142 Å². The summed E-state index contributed by atoms with van der Waals surface area (Å²) in [6, 6.07) is 12.9. The molecule has 4 rings (SSSR count). The zero-order valence-corrected chi connectivity index (χ0v) is 13.8. The number of benzene rings is 1. The lowest BCUT2D eigenvalue weighted by Crippen LogP contribution is -2.45. The summed E-state index contributed by atoms with van der Waals surface area (Å²) in [4.78, 5) is 18.9. The average molecular weight is 322 g/mol. The van der Waals surface area contributed by atoms with E-state index in [-0.39, 0.29) is 5.91 Å². The predicted molar refractivity (Wildman–Crippen MR) is 92.2 cm³/mol. The van der Waals surface area contributed by atoms with Crippen LogP contribution in [-0.4, -0.2) is 28.9 Å². The number of hydrogen-bond acceptors (Lipinski definition) is 3. The monoisotopic (exact) mass is 322 g/mol. The van der Waals surface area contributed by atoms with Crippen molar-refractivity contribution < 1.29 is 9.53 Å². The molecule has 2 aromatic rings. The third kappa shape index (κ3) is 3.01. The largest absolute Gasteiger partial charge is 0.439 e. The molecule has 0 N–H and O–H groups in total. The molecule has 2 aliphatic rings. The minimum atomic E-state index is 0.107. The van der Waals surface area contributed by atoms with Crippen molar-refractivity contribution in [1.29, 1.82) is 0 Å². The summed E-state index contributed by atoms with van der Waals surface area (Å²) in [5.41, 5.74) is 1.24. The first-order valence-electron chi connectivity index (χ1n) is 8.72. The standard InChI is InChI=1S/C20H22N2O2/c23-19(22-13-10-20(11-14-22)8-4-9-20)16-5-3-6-17(15-16)24-18-7-1-2-12-21-18/h1-3,5-7,12,15H,4,8-11,13-14H2. The van der Waals surface area contributed by atoms with Crippen molar-refractivity contribution in [1.82, 2.24) is 9.88 Å². The first kappa shape index (κ1) is 15.2. The van der Waals surface area contributed by atoms with Crippen molar-refractivity contribution in [3.63, 3.8) is 0 Å². The van der Waals surface area contributed by atoms with E-state index in [0.717, 1.165) is 25.9 Å². The Bertz CT molecular complexity index is 715. The van der Waals surface area contributed by atoms with Crippen molar-refractivity contribution in [3.8, 4) is 11.6 Å². The van der Waals surface area contributed by atoms with Crippen molar-refractivity contribution >= 4 is 5.91 Å². The van der Waals surface area contributed by atoms with Crippen LogP contribution in [0.5, 0.6) is 11.6 Å². The van der Waals surface area contributed by atoms with Crippen LogP contribution in [0.4, 0.5) is 0 Å². The molecule has 2 fully saturated rings. The van der Waals surface area contributed by atoms with Crippen LogP contribution >= 0.6 is 0 Å². The summed E-state index contributed by atoms with van der Waals surface area (Å²) in [5, 5.41) is 0. The third-order valence-corrected chi connectivity index (χ3v) is 5.47. The van der Waals surface area contributed by atoms with Gasteiger partial charge in [0.25, 0.3) is 5.91 Å². The van der Waals surface area contributed by atoms with Gasteiger partial charge in [-0.3, -0.25) is 4.79 Å². The molecule has 24 heavy (non-hydrogen) atoms. The van der Waals surface area contributed by atoms with Crippen LogP contribution in [0.3, 0.4) is 0 Å². The summed E-state index contributed by atoms with van der Waals surface area (Å²) in [7, 11) is 0. The molecule has 1 aromatic heterocycles. The van der Waals surface area contributed by atoms with E-state index in [2.05, 4.69) is 4.98 Å². The number of aromatic nitrogens is 1. The van der Waals surface area contributed by atoms with Crippen LogP contribution in [0.15, 0.2) is 48.7 Å². The maximum Gasteiger partial charge on any atom is 0.253 e. The highest BCUT2D eigenvalue weighted by Crippen LogP contribution is 2.48. The normalized spacial score (nSPS) is 18.9. The van der Waals surface area contributed by atoms with Crippen LogP contribution < -0.4 is 4.74 Å². The lowest BCUT2D eigenvalue weighted by molar-refractivity contribution is 0.0286. The van der Waals surface area contributed by atoms with Crippen LogP contribution in [0.25, 0.3) is 0 Å². The Morgan fingerprint density at radius 1 is 1.04 bits per heavy atom. The quantitative estimate of drug-likeness (QED) is 0.847. The summed E-state index contributed by atoms with van der Waals surface area (Å²) in [6.45, 7) is 1.76. The van der Waals surface area contributed by atoms with Crippen molar-refractivity contribution in [2.45, 2.75) is 32.1 Å². The minimum Gasteiger partial charge on any atom is -0.439 e. The molecule has 1 aromatic carbocycles. The molecule has 1 saturated heterocycles. The van der Waals surface area contributed by atoms with E-state index in [9.17, 15) is 4.79 Å². The molecule has 0 atom stereocenters. The molecule has 0 bridgehead atoms. The summed E-state index contributed by atoms with van der Waals surface area (Å²) >= 11 is 0. The molecule has 4 nitrogen and oxygen atoms in total. The number of rotatable bonds is 3. The molecule has 1 aliphatic heterocycles. The van der Waals surface area contributed by atoms with Gasteiger partial charge in [-0.25, -0.2) is 4.98 Å². The van der Waals surface area contributed by atoms with E-state index < -0.39 is 0 Å². The second-order valence-corrected chi connectivity index (χ2v) is 6.94. The molecule has 1 spiro atoms. The first-order valence-corrected chi connectivity index (χ1v) is 8.72. The summed E-state index contributed by atoms with van der Waals surface area (Å²) in [6.07, 6.45) is 8.06. The smallest absolute Gasteiger partial charge is 0.253 e. The highest BCUT2D eigenvalue weighted by atomic mass is 16.5. The number of hydrogen-bond donors (Lipinski definition) is 0. The number of carbonyl (C=O) groups is 1. The molecule has 0 unspecified atom stereocenters. The van der Waals surface area contributed by atoms with Crippen LogP contribution in [0, 0.1) is 5.41 Å². The van der Waals surface area contributed by atoms with Gasteiger partial charge in [-0.15, -0.1) is 0 Å². The van der Waals surface area contributed by atoms with E-state index >= 15 is 0 Å². The van der Waals surface area contributed by atoms with Crippen LogP contribution in [0.1, 0.15) is 42.5 Å². The Hall–Kier alpha value is -2.36. The molecule has 1 aliphatic carbocycles. The molecular formula is C20H22N2O2. The Kier molecular flexibility index (Phi) is 3.97. The van der Waals surface area contributed by atoms with E-state index in [0.29, 0.717) is 22.6 Å². The minimum absolute atomic E-state index is 0.107. The zero-order valence-electron chi connectivity index (χ0n) is 13.8. The van der Waals surface area contributed by atoms with Gasteiger partial charge in [0, 0.05) is 30.9 Å². The van der Waals surface area contributed by atoms with Crippen LogP contribution in [0.2, 0.25) is 0 Å². The molecule has 1 amide bonds. The lowest BCUT2D eigenvalue weighted by Gasteiger charge is -2.48. The third-order valence-electron chi connectivity index (χ3n) is 5.47. The first-order chi connectivity index (χ1) is 11.7. The van der Waals surface area contributed by atoms with Gasteiger partial charge in [-0.05, 0) is 55.4 Å². The zero-order chi connectivity index (χ0) is 16.4. The van der Waals surface area contributed by atoms with Gasteiger partial charge in [0.05, 0.1) is 0 Å². The number of carbonyl (C=O) groups excluding carboxylic acids is 1. The van der Waals surface area contributed by atoms with E-state index in [1.165, 1.54) is 19.3 Å². The Balaban J connectivity index is 1.44. The van der Waals surface area contributed by atoms with Gasteiger partial charge in [-0.2, -0.15) is 0 Å². The average Bonchev–Trinajstić information content (AvgIpc) is 2.61. The van der Waals surface area contributed by atoms with Gasteiger partial charge in [0.2, 0.25) is 5.88 Å². The highest BCUT2D eigenvalue weighted by Gasteiger charge is 2.40. The number of pyridine rings is 1. The number of likely N-dealkylation sites (tertiary alicyclic amines) is 1. The summed E-state index contributed by atoms with van der Waals surface area (Å²) in [5.74, 6) is 1.29. The van der Waals surface area contributed by atoms with Gasteiger partial charge in [0.15, 0.2) is 0 Å². The van der Waals surface area contributed by atoms with Crippen molar-refractivity contribution in [2.24, 2.45) is 5.41 Å². The predicted octanol–water partition coefficient (Wildman–Crippen LogP) is 4.28. The summed E-state index contributed by atoms with van der Waals surface area (Å²) < 4.78 is 5.73. The van der Waals surface area contributed by atoms with Gasteiger partial charge in [-0.1, -0.05) is 18.6 Å². The number of amides is 1. The van der Waals surface area contributed by atoms with Crippen molar-refractivity contribution in [3.05, 3.63) is 54.2 Å². The highest BCUT2D eigenvalue weighted by molar-refractivity contribution is 5.94. The second-order valence-electron chi connectivity index (χ2n) is 6.94. The van der Waals surface area contributed by atoms with E-state index in [4.69, 9.17) is 4.74 Å². The molecule has 124 valence electrons. The van der Waals surface area contributed by atoms with Gasteiger partial charge >= 0.3 is 0 Å². The van der Waals surface area contributed by atoms with E-state index in [1.54, 1.807) is 12.3 Å². The molecule has 4 heteroatoms. The number of ether oxygens (including phenoxy) is 1. The fourth-order valence-electron chi connectivity index (χ4n) is 3.76. The molecule has 0 radical (unpaired) electrons. The Morgan fingerprint density at radius 2 is 1.88 bits per heavy atom. The van der Waals surface area contributed by atoms with Crippen molar-refractivity contribution in [2.75, 3.05) is 13.1 Å². The number of piperidine rings is 1. The van der Waals surface area contributed by atoms with Crippen LogP contribution in [-0.2, 0) is 0 Å². The van der Waals surface area contributed by atoms with Gasteiger partial charge < -0.3 is 9.64 Å². The van der Waals surface area contributed by atoms with Gasteiger partial charge in [0.1, 0.15) is 5.75 Å². The lowest BCUT2D eigenvalue weighted by atomic mass is 9.63. The molecular weight excluding hydrogens is 300 g/mol. The second kappa shape index (κ2) is 6.27. The fraction of sp³-hybridized carbons (Fsp3) is 0.400. The molecule has 2 heterocycles. The topological polar surface area (TPSA) is 42.4 Å². The SMILES string of the molecule is O=C(c1cccc(Oc2ccccn2)c1)N1CCC2(CCC2)CC1. The fourth-order valence-corrected chi connectivity index (χ4v) is 3.76. The number of nitrogens with zero attached hydrogens (tertiary/aromatic N) is 2. The maximum atomic E-state index is 12.8. The Morgan fingerprint density at radius 3 is 2.54 bits per heavy atom. The van der Waals surface area contributed by atoms with E-state index in [1.807, 2.05) is 41.3 Å².